The van der Waals surface area contributed by atoms with Crippen molar-refractivity contribution in [2.75, 3.05) is 20.1 Å². The second-order valence-corrected chi connectivity index (χ2v) is 5.27. The molecule has 1 aliphatic rings. The third-order valence-electron chi connectivity index (χ3n) is 3.80. The van der Waals surface area contributed by atoms with Crippen molar-refractivity contribution in [3.63, 3.8) is 0 Å². The maximum Gasteiger partial charge on any atom is 0.241 e. The number of pyridine rings is 1. The van der Waals surface area contributed by atoms with Crippen LogP contribution in [0.3, 0.4) is 0 Å². The monoisotopic (exact) mass is 275 g/mol. The first-order valence-electron chi connectivity index (χ1n) is 7.07. The highest BCUT2D eigenvalue weighted by Gasteiger charge is 2.25. The van der Waals surface area contributed by atoms with Gasteiger partial charge in [-0.25, -0.2) is 0 Å². The molecule has 1 N–H and O–H groups in total. The lowest BCUT2D eigenvalue weighted by Gasteiger charge is -2.24. The first-order chi connectivity index (χ1) is 9.66. The number of carbonyl (C=O) groups is 2. The number of aromatic nitrogens is 1. The van der Waals surface area contributed by atoms with E-state index in [9.17, 15) is 9.59 Å². The lowest BCUT2D eigenvalue weighted by Crippen LogP contribution is -2.42. The second kappa shape index (κ2) is 7.03. The predicted octanol–water partition coefficient (Wildman–Crippen LogP) is 0.999. The molecule has 108 valence electrons. The summed E-state index contributed by atoms with van der Waals surface area (Å²) in [5.74, 6) is 0.101. The maximum atomic E-state index is 11.9. The van der Waals surface area contributed by atoms with Crippen LogP contribution in [0.1, 0.15) is 24.8 Å². The minimum Gasteiger partial charge on any atom is -0.347 e. The summed E-state index contributed by atoms with van der Waals surface area (Å²) in [4.78, 5) is 29.2. The number of hydrogen-bond donors (Lipinski definition) is 1. The van der Waals surface area contributed by atoms with E-state index >= 15 is 0 Å². The van der Waals surface area contributed by atoms with Crippen LogP contribution >= 0.6 is 0 Å². The molecule has 0 bridgehead atoms. The number of carbonyl (C=O) groups excluding carboxylic acids is 2. The van der Waals surface area contributed by atoms with Crippen molar-refractivity contribution in [3.05, 3.63) is 30.1 Å². The van der Waals surface area contributed by atoms with E-state index in [0.717, 1.165) is 31.2 Å². The molecule has 0 radical (unpaired) electrons. The topological polar surface area (TPSA) is 62.3 Å². The van der Waals surface area contributed by atoms with Crippen molar-refractivity contribution in [2.45, 2.75) is 25.7 Å². The average molecular weight is 275 g/mol. The Balaban J connectivity index is 1.67. The van der Waals surface area contributed by atoms with Gasteiger partial charge in [0.2, 0.25) is 11.8 Å². The van der Waals surface area contributed by atoms with Crippen LogP contribution in [0.15, 0.2) is 24.5 Å². The summed E-state index contributed by atoms with van der Waals surface area (Å²) in [5, 5.41) is 2.72. The van der Waals surface area contributed by atoms with Crippen LogP contribution < -0.4 is 5.32 Å². The standard InChI is InChI=1S/C15H21N3O2/c1-18(10-7-12-5-8-16-9-6-12)14(19)11-17-15(20)13-3-2-4-13/h5-6,8-9,13H,2-4,7,10-11H2,1H3,(H,17,20). The summed E-state index contributed by atoms with van der Waals surface area (Å²) in [6, 6.07) is 3.88. The number of nitrogens with one attached hydrogen (secondary N) is 1. The van der Waals surface area contributed by atoms with Gasteiger partial charge in [-0.2, -0.15) is 0 Å². The van der Waals surface area contributed by atoms with Gasteiger partial charge in [0.25, 0.3) is 0 Å². The molecule has 1 fully saturated rings. The zero-order valence-corrected chi connectivity index (χ0v) is 11.8. The molecule has 20 heavy (non-hydrogen) atoms. The molecule has 0 atom stereocenters. The van der Waals surface area contributed by atoms with E-state index < -0.39 is 0 Å². The zero-order chi connectivity index (χ0) is 14.4. The Hall–Kier alpha value is -1.91. The quantitative estimate of drug-likeness (QED) is 0.842. The highest BCUT2D eigenvalue weighted by Crippen LogP contribution is 2.25. The average Bonchev–Trinajstić information content (AvgIpc) is 2.41. The van der Waals surface area contributed by atoms with Crippen LogP contribution in [0, 0.1) is 5.92 Å². The molecular formula is C15H21N3O2. The number of amides is 2. The van der Waals surface area contributed by atoms with Crippen molar-refractivity contribution >= 4 is 11.8 Å². The van der Waals surface area contributed by atoms with Gasteiger partial charge in [-0.05, 0) is 37.0 Å². The molecule has 0 aliphatic heterocycles. The zero-order valence-electron chi connectivity index (χ0n) is 11.8. The van der Waals surface area contributed by atoms with Gasteiger partial charge < -0.3 is 10.2 Å². The highest BCUT2D eigenvalue weighted by molar-refractivity contribution is 5.86. The van der Waals surface area contributed by atoms with E-state index in [1.807, 2.05) is 12.1 Å². The van der Waals surface area contributed by atoms with Gasteiger partial charge in [0.1, 0.15) is 0 Å². The Labute approximate surface area is 119 Å². The molecule has 1 heterocycles. The van der Waals surface area contributed by atoms with Gasteiger partial charge in [-0.15, -0.1) is 0 Å². The van der Waals surface area contributed by atoms with E-state index in [0.29, 0.717) is 6.54 Å². The first-order valence-corrected chi connectivity index (χ1v) is 7.07. The predicted molar refractivity (Wildman–Crippen MR) is 75.9 cm³/mol. The van der Waals surface area contributed by atoms with Gasteiger partial charge in [0, 0.05) is 31.9 Å². The lowest BCUT2D eigenvalue weighted by atomic mass is 9.85. The van der Waals surface area contributed by atoms with E-state index in [-0.39, 0.29) is 24.3 Å². The Kier molecular flexibility index (Phi) is 5.09. The molecule has 5 heteroatoms. The van der Waals surface area contributed by atoms with Crippen molar-refractivity contribution in [1.29, 1.82) is 0 Å². The smallest absolute Gasteiger partial charge is 0.241 e. The number of rotatable bonds is 6. The first kappa shape index (κ1) is 14.5. The van der Waals surface area contributed by atoms with Crippen molar-refractivity contribution < 1.29 is 9.59 Å². The second-order valence-electron chi connectivity index (χ2n) is 5.27. The fraction of sp³-hybridized carbons (Fsp3) is 0.533. The molecule has 0 saturated heterocycles. The molecule has 0 aromatic carbocycles. The molecule has 2 amide bonds. The minimum absolute atomic E-state index is 0.0205. The molecule has 1 saturated carbocycles. The number of hydrogen-bond acceptors (Lipinski definition) is 3. The van der Waals surface area contributed by atoms with E-state index in [4.69, 9.17) is 0 Å². The number of likely N-dealkylation sites (N-methyl/N-ethyl adjacent to an activating group) is 1. The molecule has 2 rings (SSSR count). The summed E-state index contributed by atoms with van der Waals surface area (Å²) in [7, 11) is 1.76. The Morgan fingerprint density at radius 3 is 2.65 bits per heavy atom. The summed E-state index contributed by atoms with van der Waals surface area (Å²) in [5.41, 5.74) is 1.15. The van der Waals surface area contributed by atoms with Gasteiger partial charge in [0.05, 0.1) is 6.54 Å². The Bertz CT molecular complexity index is 457. The largest absolute Gasteiger partial charge is 0.347 e. The molecule has 1 aromatic rings. The molecule has 5 nitrogen and oxygen atoms in total. The summed E-state index contributed by atoms with van der Waals surface area (Å²) < 4.78 is 0. The number of nitrogens with zero attached hydrogens (tertiary/aromatic N) is 2. The van der Waals surface area contributed by atoms with E-state index in [1.54, 1.807) is 24.3 Å². The normalized spacial score (nSPS) is 14.4. The van der Waals surface area contributed by atoms with Crippen molar-refractivity contribution in [2.24, 2.45) is 5.92 Å². The molecular weight excluding hydrogens is 254 g/mol. The maximum absolute atomic E-state index is 11.9. The van der Waals surface area contributed by atoms with Gasteiger partial charge in [0.15, 0.2) is 0 Å². The van der Waals surface area contributed by atoms with Crippen LogP contribution in [-0.2, 0) is 16.0 Å². The van der Waals surface area contributed by atoms with Crippen LogP contribution in [0.5, 0.6) is 0 Å². The minimum atomic E-state index is -0.0493. The molecule has 0 unspecified atom stereocenters. The molecule has 0 spiro atoms. The van der Waals surface area contributed by atoms with Crippen LogP contribution in [0.4, 0.5) is 0 Å². The fourth-order valence-electron chi connectivity index (χ4n) is 2.08. The third kappa shape index (κ3) is 4.05. The van der Waals surface area contributed by atoms with Crippen LogP contribution in [0.25, 0.3) is 0 Å². The van der Waals surface area contributed by atoms with Gasteiger partial charge in [-0.3, -0.25) is 14.6 Å². The Morgan fingerprint density at radius 1 is 1.35 bits per heavy atom. The van der Waals surface area contributed by atoms with Crippen molar-refractivity contribution in [1.82, 2.24) is 15.2 Å². The van der Waals surface area contributed by atoms with E-state index in [2.05, 4.69) is 10.3 Å². The van der Waals surface area contributed by atoms with Gasteiger partial charge in [-0.1, -0.05) is 6.42 Å². The van der Waals surface area contributed by atoms with E-state index in [1.165, 1.54) is 0 Å². The third-order valence-corrected chi connectivity index (χ3v) is 3.80. The molecule has 1 aliphatic carbocycles. The summed E-state index contributed by atoms with van der Waals surface area (Å²) in [6.45, 7) is 0.740. The Morgan fingerprint density at radius 2 is 2.05 bits per heavy atom. The lowest BCUT2D eigenvalue weighted by molar-refractivity contribution is -0.134. The summed E-state index contributed by atoms with van der Waals surface area (Å²) in [6.07, 6.45) is 7.32. The summed E-state index contributed by atoms with van der Waals surface area (Å²) >= 11 is 0. The SMILES string of the molecule is CN(CCc1ccncc1)C(=O)CNC(=O)C1CCC1. The van der Waals surface area contributed by atoms with Crippen molar-refractivity contribution in [3.8, 4) is 0 Å². The molecule has 1 aromatic heterocycles. The van der Waals surface area contributed by atoms with Crippen LogP contribution in [-0.4, -0.2) is 41.8 Å². The highest BCUT2D eigenvalue weighted by atomic mass is 16.2. The van der Waals surface area contributed by atoms with Gasteiger partial charge >= 0.3 is 0 Å². The fourth-order valence-corrected chi connectivity index (χ4v) is 2.08. The van der Waals surface area contributed by atoms with Crippen LogP contribution in [0.2, 0.25) is 0 Å².